The normalized spacial score (nSPS) is 15.3. The number of nitrogens with one attached hydrogen (secondary N) is 1. The van der Waals surface area contributed by atoms with Gasteiger partial charge in [0.1, 0.15) is 0 Å². The zero-order valence-electron chi connectivity index (χ0n) is 14.0. The maximum absolute atomic E-state index is 12.3. The first-order valence-electron chi connectivity index (χ1n) is 8.35. The summed E-state index contributed by atoms with van der Waals surface area (Å²) in [6.07, 6.45) is 2.53. The molecular formula is C18H26N2O3. The molecule has 0 atom stereocenters. The molecule has 1 aromatic carbocycles. The first-order valence-corrected chi connectivity index (χ1v) is 8.35. The van der Waals surface area contributed by atoms with Crippen molar-refractivity contribution in [1.82, 2.24) is 10.2 Å². The van der Waals surface area contributed by atoms with Gasteiger partial charge in [0.25, 0.3) is 0 Å². The molecule has 1 fully saturated rings. The fourth-order valence-electron chi connectivity index (χ4n) is 2.89. The topological polar surface area (TPSA) is 58.6 Å². The second-order valence-corrected chi connectivity index (χ2v) is 6.01. The second kappa shape index (κ2) is 8.56. The van der Waals surface area contributed by atoms with Crippen molar-refractivity contribution in [3.63, 3.8) is 0 Å². The lowest BCUT2D eigenvalue weighted by molar-refractivity contribution is -0.132. The third kappa shape index (κ3) is 5.58. The van der Waals surface area contributed by atoms with Crippen LogP contribution >= 0.6 is 0 Å². The Labute approximate surface area is 138 Å². The third-order valence-corrected chi connectivity index (χ3v) is 4.16. The second-order valence-electron chi connectivity index (χ2n) is 6.01. The summed E-state index contributed by atoms with van der Waals surface area (Å²) in [5.41, 5.74) is 2.43. The van der Waals surface area contributed by atoms with Crippen molar-refractivity contribution >= 4 is 12.0 Å². The lowest BCUT2D eigenvalue weighted by atomic mass is 10.0. The fraction of sp³-hybridized carbons (Fsp3) is 0.556. The summed E-state index contributed by atoms with van der Waals surface area (Å²) in [4.78, 5) is 25.6. The Morgan fingerprint density at radius 2 is 2.04 bits per heavy atom. The van der Waals surface area contributed by atoms with E-state index in [1.807, 2.05) is 11.0 Å². The molecule has 0 aromatic heterocycles. The van der Waals surface area contributed by atoms with Crippen LogP contribution in [0.5, 0.6) is 0 Å². The largest absolute Gasteiger partial charge is 0.450 e. The monoisotopic (exact) mass is 318 g/mol. The SMILES string of the molecule is CCOC(=O)NC1CCN(C(=O)CCc2cccc(C)c2)CC1. The van der Waals surface area contributed by atoms with Crippen LogP contribution in [-0.4, -0.2) is 42.6 Å². The average molecular weight is 318 g/mol. The Hall–Kier alpha value is -2.04. The molecule has 23 heavy (non-hydrogen) atoms. The molecule has 5 heteroatoms. The van der Waals surface area contributed by atoms with Gasteiger partial charge in [-0.15, -0.1) is 0 Å². The molecule has 0 aliphatic carbocycles. The molecule has 0 spiro atoms. The Kier molecular flexibility index (Phi) is 6.44. The van der Waals surface area contributed by atoms with Crippen LogP contribution in [0.25, 0.3) is 0 Å². The van der Waals surface area contributed by atoms with Gasteiger partial charge in [-0.2, -0.15) is 0 Å². The molecule has 5 nitrogen and oxygen atoms in total. The van der Waals surface area contributed by atoms with Gasteiger partial charge in [-0.05, 0) is 38.7 Å². The summed E-state index contributed by atoms with van der Waals surface area (Å²) < 4.78 is 4.89. The molecule has 1 aliphatic rings. The minimum absolute atomic E-state index is 0.106. The highest BCUT2D eigenvalue weighted by molar-refractivity contribution is 5.76. The van der Waals surface area contributed by atoms with Gasteiger partial charge in [0.05, 0.1) is 6.61 Å². The summed E-state index contributed by atoms with van der Waals surface area (Å²) in [6.45, 7) is 5.62. The quantitative estimate of drug-likeness (QED) is 0.908. The van der Waals surface area contributed by atoms with E-state index in [9.17, 15) is 9.59 Å². The zero-order valence-corrected chi connectivity index (χ0v) is 14.0. The van der Waals surface area contributed by atoms with E-state index in [4.69, 9.17) is 4.74 Å². The van der Waals surface area contributed by atoms with E-state index in [0.29, 0.717) is 26.1 Å². The van der Waals surface area contributed by atoms with Gasteiger partial charge in [0, 0.05) is 25.6 Å². The molecule has 1 aromatic rings. The minimum Gasteiger partial charge on any atom is -0.450 e. The number of likely N-dealkylation sites (tertiary alicyclic amines) is 1. The maximum Gasteiger partial charge on any atom is 0.407 e. The predicted octanol–water partition coefficient (Wildman–Crippen LogP) is 2.66. The van der Waals surface area contributed by atoms with Crippen molar-refractivity contribution in [3.8, 4) is 0 Å². The lowest BCUT2D eigenvalue weighted by Crippen LogP contribution is -2.46. The zero-order chi connectivity index (χ0) is 16.7. The Bertz CT molecular complexity index is 537. The highest BCUT2D eigenvalue weighted by atomic mass is 16.5. The molecule has 2 amide bonds. The van der Waals surface area contributed by atoms with Crippen LogP contribution in [-0.2, 0) is 16.0 Å². The molecule has 0 radical (unpaired) electrons. The van der Waals surface area contributed by atoms with Crippen LogP contribution < -0.4 is 5.32 Å². The number of amides is 2. The van der Waals surface area contributed by atoms with E-state index in [1.54, 1.807) is 6.92 Å². The van der Waals surface area contributed by atoms with E-state index in [2.05, 4.69) is 30.4 Å². The van der Waals surface area contributed by atoms with Crippen molar-refractivity contribution in [3.05, 3.63) is 35.4 Å². The lowest BCUT2D eigenvalue weighted by Gasteiger charge is -2.32. The van der Waals surface area contributed by atoms with Gasteiger partial charge in [-0.3, -0.25) is 4.79 Å². The predicted molar refractivity (Wildman–Crippen MR) is 89.3 cm³/mol. The first kappa shape index (κ1) is 17.3. The molecular weight excluding hydrogens is 292 g/mol. The number of nitrogens with zero attached hydrogens (tertiary/aromatic N) is 1. The summed E-state index contributed by atoms with van der Waals surface area (Å²) >= 11 is 0. The van der Waals surface area contributed by atoms with E-state index in [0.717, 1.165) is 19.3 Å². The van der Waals surface area contributed by atoms with Crippen molar-refractivity contribution in [2.45, 2.75) is 45.6 Å². The van der Waals surface area contributed by atoms with Crippen LogP contribution in [0.3, 0.4) is 0 Å². The van der Waals surface area contributed by atoms with Gasteiger partial charge < -0.3 is 15.0 Å². The third-order valence-electron chi connectivity index (χ3n) is 4.16. The van der Waals surface area contributed by atoms with Gasteiger partial charge in [0.15, 0.2) is 0 Å². The number of carbonyl (C=O) groups is 2. The fourth-order valence-corrected chi connectivity index (χ4v) is 2.89. The molecule has 0 bridgehead atoms. The van der Waals surface area contributed by atoms with Crippen molar-refractivity contribution in [1.29, 1.82) is 0 Å². The average Bonchev–Trinajstić information content (AvgIpc) is 2.53. The number of ether oxygens (including phenoxy) is 1. The Morgan fingerprint density at radius 3 is 2.70 bits per heavy atom. The Balaban J connectivity index is 1.72. The number of benzene rings is 1. The number of carbonyl (C=O) groups excluding carboxylic acids is 2. The van der Waals surface area contributed by atoms with Crippen molar-refractivity contribution < 1.29 is 14.3 Å². The molecule has 0 saturated carbocycles. The van der Waals surface area contributed by atoms with Gasteiger partial charge in [-0.25, -0.2) is 4.79 Å². The standard InChI is InChI=1S/C18H26N2O3/c1-3-23-18(22)19-16-9-11-20(12-10-16)17(21)8-7-15-6-4-5-14(2)13-15/h4-6,13,16H,3,7-12H2,1-2H3,(H,19,22). The van der Waals surface area contributed by atoms with Crippen molar-refractivity contribution in [2.75, 3.05) is 19.7 Å². The number of hydrogen-bond donors (Lipinski definition) is 1. The van der Waals surface area contributed by atoms with E-state index >= 15 is 0 Å². The molecule has 0 unspecified atom stereocenters. The molecule has 126 valence electrons. The van der Waals surface area contributed by atoms with Gasteiger partial charge in [-0.1, -0.05) is 29.8 Å². The first-order chi connectivity index (χ1) is 11.1. The van der Waals surface area contributed by atoms with Crippen LogP contribution in [0.1, 0.15) is 37.3 Å². The van der Waals surface area contributed by atoms with E-state index < -0.39 is 0 Å². The van der Waals surface area contributed by atoms with Crippen LogP contribution in [0.15, 0.2) is 24.3 Å². The maximum atomic E-state index is 12.3. The summed E-state index contributed by atoms with van der Waals surface area (Å²) in [5, 5.41) is 2.84. The van der Waals surface area contributed by atoms with Crippen LogP contribution in [0.4, 0.5) is 4.79 Å². The minimum atomic E-state index is -0.364. The summed E-state index contributed by atoms with van der Waals surface area (Å²) in [6, 6.07) is 8.39. The number of alkyl carbamates (subject to hydrolysis) is 1. The molecule has 1 saturated heterocycles. The highest BCUT2D eigenvalue weighted by Gasteiger charge is 2.23. The molecule has 1 aliphatic heterocycles. The molecule has 1 N–H and O–H groups in total. The number of piperidine rings is 1. The van der Waals surface area contributed by atoms with Crippen molar-refractivity contribution in [2.24, 2.45) is 0 Å². The number of hydrogen-bond acceptors (Lipinski definition) is 3. The van der Waals surface area contributed by atoms with Gasteiger partial charge >= 0.3 is 6.09 Å². The van der Waals surface area contributed by atoms with Gasteiger partial charge in [0.2, 0.25) is 5.91 Å². The van der Waals surface area contributed by atoms with E-state index in [1.165, 1.54) is 11.1 Å². The molecule has 2 rings (SSSR count). The smallest absolute Gasteiger partial charge is 0.407 e. The highest BCUT2D eigenvalue weighted by Crippen LogP contribution is 2.13. The molecule has 1 heterocycles. The van der Waals surface area contributed by atoms with E-state index in [-0.39, 0.29) is 18.0 Å². The van der Waals surface area contributed by atoms with Crippen LogP contribution in [0.2, 0.25) is 0 Å². The number of rotatable bonds is 5. The number of aryl methyl sites for hydroxylation is 2. The Morgan fingerprint density at radius 1 is 1.30 bits per heavy atom. The summed E-state index contributed by atoms with van der Waals surface area (Å²) in [7, 11) is 0. The summed E-state index contributed by atoms with van der Waals surface area (Å²) in [5.74, 6) is 0.195. The van der Waals surface area contributed by atoms with Crippen LogP contribution in [0, 0.1) is 6.92 Å².